The van der Waals surface area contributed by atoms with Crippen molar-refractivity contribution < 1.29 is 22.4 Å². The van der Waals surface area contributed by atoms with E-state index in [1.54, 1.807) is 18.5 Å². The number of hydrogen-bond donors (Lipinski definition) is 1. The van der Waals surface area contributed by atoms with E-state index in [4.69, 9.17) is 19.6 Å². The second-order valence-electron chi connectivity index (χ2n) is 9.89. The van der Waals surface area contributed by atoms with Crippen LogP contribution >= 0.6 is 0 Å². The largest absolute Gasteiger partial charge is 0.434 e. The number of carbonyl (C=O) groups is 1. The van der Waals surface area contributed by atoms with E-state index in [0.717, 1.165) is 35.3 Å². The van der Waals surface area contributed by atoms with Gasteiger partial charge in [-0.2, -0.15) is 8.78 Å². The van der Waals surface area contributed by atoms with Gasteiger partial charge in [-0.25, -0.2) is 15.0 Å². The van der Waals surface area contributed by atoms with Crippen molar-refractivity contribution in [1.82, 2.24) is 24.4 Å². The van der Waals surface area contributed by atoms with Crippen molar-refractivity contribution in [3.8, 4) is 16.9 Å². The molecule has 37 heavy (non-hydrogen) atoms. The maximum atomic E-state index is 13.6. The number of halogens is 2. The number of imidazole rings is 1. The highest BCUT2D eigenvalue weighted by atomic mass is 19.3. The predicted molar refractivity (Wildman–Crippen MR) is 131 cm³/mol. The monoisotopic (exact) mass is 505 g/mol. The zero-order valence-electron chi connectivity index (χ0n) is 22.6. The van der Waals surface area contributed by atoms with Crippen LogP contribution in [-0.4, -0.2) is 43.9 Å². The van der Waals surface area contributed by atoms with Gasteiger partial charge in [0.25, 0.3) is 5.91 Å². The van der Waals surface area contributed by atoms with Crippen molar-refractivity contribution in [2.24, 2.45) is 5.73 Å². The Kier molecular flexibility index (Phi) is 4.05. The van der Waals surface area contributed by atoms with Crippen LogP contribution in [0.25, 0.3) is 22.2 Å². The number of hydrogen-bond acceptors (Lipinski definition) is 6. The van der Waals surface area contributed by atoms with Gasteiger partial charge in [0.15, 0.2) is 0 Å². The van der Waals surface area contributed by atoms with E-state index in [-0.39, 0.29) is 23.3 Å². The minimum absolute atomic E-state index is 0.0149. The van der Waals surface area contributed by atoms with Gasteiger partial charge in [0, 0.05) is 46.6 Å². The molecule has 2 aromatic carbocycles. The molecule has 188 valence electrons. The Morgan fingerprint density at radius 1 is 1.16 bits per heavy atom. The summed E-state index contributed by atoms with van der Waals surface area (Å²) in [6.07, 6.45) is 6.33. The van der Waals surface area contributed by atoms with E-state index in [1.165, 1.54) is 18.2 Å². The van der Waals surface area contributed by atoms with E-state index in [1.807, 2.05) is 16.7 Å². The standard InChI is InChI=1S/C27H24F2N6O2/c1-34-20-11-19(22-16(24(34)36)4-2-5-21(22)37-26(28)29)35-18-10-14(6-7-17(18)33-23(20)35)15-12-31-25(32-13-15)27(30)8-3-9-27/h2,4-7,10,12-13,19-20,26H,3,8-9,11,30H2,1H3/t19-,20-/m1/s1/i1D3. The predicted octanol–water partition coefficient (Wildman–Crippen LogP) is 4.55. The third-order valence-corrected chi connectivity index (χ3v) is 7.83. The smallest absolute Gasteiger partial charge is 0.387 e. The lowest BCUT2D eigenvalue weighted by atomic mass is 9.77. The Bertz CT molecular complexity index is 1670. The van der Waals surface area contributed by atoms with Crippen LogP contribution in [0.15, 0.2) is 48.8 Å². The number of ether oxygens (including phenoxy) is 1. The molecule has 2 aliphatic heterocycles. The van der Waals surface area contributed by atoms with Gasteiger partial charge in [-0.1, -0.05) is 12.1 Å². The highest BCUT2D eigenvalue weighted by molar-refractivity contribution is 5.98. The summed E-state index contributed by atoms with van der Waals surface area (Å²) in [6.45, 7) is -5.91. The number of nitrogens with zero attached hydrogens (tertiary/aromatic N) is 5. The van der Waals surface area contributed by atoms with Gasteiger partial charge in [0.2, 0.25) is 0 Å². The third kappa shape index (κ3) is 3.21. The lowest BCUT2D eigenvalue weighted by Gasteiger charge is -2.36. The summed E-state index contributed by atoms with van der Waals surface area (Å²) < 4.78 is 57.9. The molecule has 0 spiro atoms. The van der Waals surface area contributed by atoms with Gasteiger partial charge < -0.3 is 19.9 Å². The van der Waals surface area contributed by atoms with E-state index < -0.39 is 37.1 Å². The van der Waals surface area contributed by atoms with Crippen molar-refractivity contribution in [2.75, 3.05) is 6.98 Å². The second-order valence-corrected chi connectivity index (χ2v) is 9.89. The summed E-state index contributed by atoms with van der Waals surface area (Å²) in [5.74, 6) is 0.0402. The number of alkyl halides is 2. The molecule has 8 nitrogen and oxygen atoms in total. The van der Waals surface area contributed by atoms with Crippen LogP contribution in [-0.2, 0) is 5.54 Å². The van der Waals surface area contributed by atoms with Crippen LogP contribution in [0.4, 0.5) is 8.78 Å². The molecule has 2 aromatic heterocycles. The molecule has 2 atom stereocenters. The van der Waals surface area contributed by atoms with Crippen molar-refractivity contribution in [3.05, 3.63) is 71.6 Å². The van der Waals surface area contributed by atoms with Crippen LogP contribution in [0, 0.1) is 0 Å². The molecular formula is C27H24F2N6O2. The molecule has 1 amide bonds. The number of benzene rings is 2. The zero-order chi connectivity index (χ0) is 28.0. The molecule has 3 aliphatic rings. The number of rotatable bonds is 4. The van der Waals surface area contributed by atoms with Gasteiger partial charge in [-0.15, -0.1) is 0 Å². The Balaban J connectivity index is 1.40. The number of fused-ring (bicyclic) bond motifs is 9. The van der Waals surface area contributed by atoms with Crippen molar-refractivity contribution >= 4 is 16.9 Å². The van der Waals surface area contributed by atoms with Crippen LogP contribution < -0.4 is 10.5 Å². The molecule has 10 heteroatoms. The van der Waals surface area contributed by atoms with Gasteiger partial charge in [-0.05, 0) is 49.1 Å². The van der Waals surface area contributed by atoms with Crippen molar-refractivity contribution in [1.29, 1.82) is 0 Å². The van der Waals surface area contributed by atoms with E-state index >= 15 is 0 Å². The summed E-state index contributed by atoms with van der Waals surface area (Å²) in [4.78, 5) is 28.1. The van der Waals surface area contributed by atoms with Gasteiger partial charge >= 0.3 is 6.61 Å². The fourth-order valence-electron chi connectivity index (χ4n) is 5.80. The number of amides is 1. The minimum atomic E-state index is -3.12. The first-order chi connectivity index (χ1) is 19.0. The first kappa shape index (κ1) is 19.2. The lowest BCUT2D eigenvalue weighted by molar-refractivity contribution is -0.0507. The topological polar surface area (TPSA) is 99.2 Å². The molecular weight excluding hydrogens is 478 g/mol. The fourth-order valence-corrected chi connectivity index (χ4v) is 5.80. The highest BCUT2D eigenvalue weighted by Crippen LogP contribution is 2.50. The van der Waals surface area contributed by atoms with Gasteiger partial charge in [-0.3, -0.25) is 4.79 Å². The number of carbonyl (C=O) groups excluding carboxylic acids is 1. The lowest BCUT2D eigenvalue weighted by Crippen LogP contribution is -2.44. The summed E-state index contributed by atoms with van der Waals surface area (Å²) in [5.41, 5.74) is 8.90. The maximum absolute atomic E-state index is 13.6. The summed E-state index contributed by atoms with van der Waals surface area (Å²) in [5, 5.41) is 0. The van der Waals surface area contributed by atoms with Crippen LogP contribution in [0.2, 0.25) is 0 Å². The SMILES string of the molecule is [2H]C([2H])([2H])N1C(=O)c2cccc(OC(F)F)c2[C@H]2C[C@@H]1c1nc3ccc(-c4cnc(C5(N)CCC5)nc4)cc3n12. The molecule has 0 unspecified atom stereocenters. The molecule has 0 saturated heterocycles. The van der Waals surface area contributed by atoms with Crippen molar-refractivity contribution in [2.45, 2.75) is 49.9 Å². The Hall–Kier alpha value is -3.92. The summed E-state index contributed by atoms with van der Waals surface area (Å²) >= 11 is 0. The van der Waals surface area contributed by atoms with Crippen LogP contribution in [0.1, 0.15) is 69.4 Å². The second kappa shape index (κ2) is 7.79. The van der Waals surface area contributed by atoms with Gasteiger partial charge in [0.1, 0.15) is 17.4 Å². The first-order valence-corrected chi connectivity index (χ1v) is 12.1. The molecule has 4 heterocycles. The molecule has 2 N–H and O–H groups in total. The fraction of sp³-hybridized carbons (Fsp3) is 0.333. The van der Waals surface area contributed by atoms with Crippen LogP contribution in [0.5, 0.6) is 5.75 Å². The zero-order valence-corrected chi connectivity index (χ0v) is 19.6. The molecule has 0 radical (unpaired) electrons. The molecule has 4 aromatic rings. The van der Waals surface area contributed by atoms with Gasteiger partial charge in [0.05, 0.1) is 28.7 Å². The summed E-state index contributed by atoms with van der Waals surface area (Å²) in [6, 6.07) is 8.23. The molecule has 7 rings (SSSR count). The number of aromatic nitrogens is 4. The quantitative estimate of drug-likeness (QED) is 0.437. The average molecular weight is 506 g/mol. The Labute approximate surface area is 215 Å². The van der Waals surface area contributed by atoms with E-state index in [0.29, 0.717) is 22.7 Å². The Morgan fingerprint density at radius 3 is 2.68 bits per heavy atom. The minimum Gasteiger partial charge on any atom is -0.434 e. The number of nitrogens with two attached hydrogens (primary N) is 1. The average Bonchev–Trinajstić information content (AvgIpc) is 3.39. The molecule has 1 fully saturated rings. The summed E-state index contributed by atoms with van der Waals surface area (Å²) in [7, 11) is 0. The van der Waals surface area contributed by atoms with E-state index in [9.17, 15) is 13.6 Å². The van der Waals surface area contributed by atoms with Crippen LogP contribution in [0.3, 0.4) is 0 Å². The Morgan fingerprint density at radius 2 is 1.97 bits per heavy atom. The highest BCUT2D eigenvalue weighted by Gasteiger charge is 2.45. The molecule has 2 bridgehead atoms. The van der Waals surface area contributed by atoms with Crippen molar-refractivity contribution in [3.63, 3.8) is 0 Å². The third-order valence-electron chi connectivity index (χ3n) is 7.83. The molecule has 1 saturated carbocycles. The molecule has 1 aliphatic carbocycles. The first-order valence-electron chi connectivity index (χ1n) is 13.6. The maximum Gasteiger partial charge on any atom is 0.387 e. The van der Waals surface area contributed by atoms with E-state index in [2.05, 4.69) is 9.97 Å². The normalized spacial score (nSPS) is 23.1.